The normalized spacial score (nSPS) is 13.3. The van der Waals surface area contributed by atoms with E-state index in [-0.39, 0.29) is 6.42 Å². The van der Waals surface area contributed by atoms with Crippen LogP contribution in [-0.2, 0) is 16.0 Å². The first-order valence-electron chi connectivity index (χ1n) is 7.76. The molecule has 0 aliphatic heterocycles. The third-order valence-electron chi connectivity index (χ3n) is 3.92. The minimum absolute atomic E-state index is 0.224. The smallest absolute Gasteiger partial charge is 0.382 e. The number of esters is 1. The third-order valence-corrected chi connectivity index (χ3v) is 3.92. The van der Waals surface area contributed by atoms with Crippen molar-refractivity contribution in [1.29, 1.82) is 0 Å². The second kappa shape index (κ2) is 7.14. The van der Waals surface area contributed by atoms with Crippen LogP contribution in [0, 0.1) is 10.1 Å². The molecule has 0 saturated carbocycles. The maximum absolute atomic E-state index is 12.2. The Morgan fingerprint density at radius 2 is 1.84 bits per heavy atom. The van der Waals surface area contributed by atoms with Gasteiger partial charge in [-0.2, -0.15) is 0 Å². The number of nitro groups is 1. The molecule has 0 spiro atoms. The maximum Gasteiger partial charge on any atom is 0.382 e. The van der Waals surface area contributed by atoms with E-state index in [2.05, 4.69) is 4.98 Å². The number of hydrogen-bond acceptors (Lipinski definition) is 5. The van der Waals surface area contributed by atoms with Crippen LogP contribution in [0.5, 0.6) is 0 Å². The van der Waals surface area contributed by atoms with Crippen LogP contribution < -0.4 is 5.73 Å². The number of nitrogens with zero attached hydrogens (tertiary/aromatic N) is 1. The van der Waals surface area contributed by atoms with Gasteiger partial charge in [0.1, 0.15) is 6.04 Å². The van der Waals surface area contributed by atoms with Gasteiger partial charge in [-0.05, 0) is 23.8 Å². The highest BCUT2D eigenvalue weighted by Gasteiger charge is 2.30. The Bertz CT molecular complexity index is 891. The molecule has 0 amide bonds. The lowest BCUT2D eigenvalue weighted by Crippen LogP contribution is -2.36. The Labute approximate surface area is 143 Å². The monoisotopic (exact) mass is 339 g/mol. The number of aromatic nitrogens is 1. The summed E-state index contributed by atoms with van der Waals surface area (Å²) in [5, 5.41) is 12.2. The lowest BCUT2D eigenvalue weighted by atomic mass is 10.1. The van der Waals surface area contributed by atoms with E-state index in [1.54, 1.807) is 24.4 Å². The van der Waals surface area contributed by atoms with Gasteiger partial charge in [-0.15, -0.1) is 0 Å². The standard InChI is InChI=1S/C18H17N3O4/c19-15(10-13-11-20-16-9-5-4-8-14(13)16)18(22)25-17(21(23)24)12-6-2-1-3-7-12/h1-9,11,15,17,20H,10,19H2. The third kappa shape index (κ3) is 3.67. The van der Waals surface area contributed by atoms with Crippen LogP contribution in [0.3, 0.4) is 0 Å². The van der Waals surface area contributed by atoms with Gasteiger partial charge >= 0.3 is 12.2 Å². The summed E-state index contributed by atoms with van der Waals surface area (Å²) >= 11 is 0. The van der Waals surface area contributed by atoms with E-state index < -0.39 is 23.2 Å². The summed E-state index contributed by atoms with van der Waals surface area (Å²) in [6.07, 6.45) is 0.435. The van der Waals surface area contributed by atoms with Crippen molar-refractivity contribution >= 4 is 16.9 Å². The van der Waals surface area contributed by atoms with E-state index in [1.165, 1.54) is 12.1 Å². The van der Waals surface area contributed by atoms with E-state index in [0.717, 1.165) is 16.5 Å². The fraction of sp³-hybridized carbons (Fsp3) is 0.167. The summed E-state index contributed by atoms with van der Waals surface area (Å²) in [6, 6.07) is 14.7. The molecule has 2 atom stereocenters. The fourth-order valence-corrected chi connectivity index (χ4v) is 2.67. The minimum atomic E-state index is -1.57. The van der Waals surface area contributed by atoms with Crippen molar-refractivity contribution in [2.45, 2.75) is 18.7 Å². The molecule has 0 saturated heterocycles. The molecule has 3 aromatic rings. The summed E-state index contributed by atoms with van der Waals surface area (Å²) < 4.78 is 5.05. The number of fused-ring (bicyclic) bond motifs is 1. The number of carbonyl (C=O) groups excluding carboxylic acids is 1. The quantitative estimate of drug-likeness (QED) is 0.310. The van der Waals surface area contributed by atoms with Gasteiger partial charge in [0.25, 0.3) is 0 Å². The lowest BCUT2D eigenvalue weighted by Gasteiger charge is -2.14. The highest BCUT2D eigenvalue weighted by Crippen LogP contribution is 2.21. The molecule has 3 rings (SSSR count). The second-order valence-corrected chi connectivity index (χ2v) is 5.66. The number of H-pyrrole nitrogens is 1. The minimum Gasteiger partial charge on any atom is -0.393 e. The van der Waals surface area contributed by atoms with E-state index in [1.807, 2.05) is 24.3 Å². The Hall–Kier alpha value is -3.19. The van der Waals surface area contributed by atoms with Gasteiger partial charge < -0.3 is 15.5 Å². The number of aromatic amines is 1. The Balaban J connectivity index is 1.72. The van der Waals surface area contributed by atoms with Crippen molar-refractivity contribution in [1.82, 2.24) is 4.98 Å². The first-order chi connectivity index (χ1) is 12.1. The predicted molar refractivity (Wildman–Crippen MR) is 92.2 cm³/mol. The van der Waals surface area contributed by atoms with Crippen molar-refractivity contribution in [3.8, 4) is 0 Å². The second-order valence-electron chi connectivity index (χ2n) is 5.66. The zero-order valence-electron chi connectivity index (χ0n) is 13.3. The first kappa shape index (κ1) is 16.7. The molecule has 0 bridgehead atoms. The van der Waals surface area contributed by atoms with Crippen LogP contribution in [0.4, 0.5) is 0 Å². The molecule has 7 nitrogen and oxygen atoms in total. The molecule has 0 radical (unpaired) electrons. The molecule has 0 aliphatic rings. The van der Waals surface area contributed by atoms with Crippen LogP contribution in [0.25, 0.3) is 10.9 Å². The summed E-state index contributed by atoms with van der Waals surface area (Å²) in [5.74, 6) is -0.809. The van der Waals surface area contributed by atoms with Crippen molar-refractivity contribution in [2.75, 3.05) is 0 Å². The van der Waals surface area contributed by atoms with Crippen molar-refractivity contribution in [3.63, 3.8) is 0 Å². The SMILES string of the molecule is NC(Cc1c[nH]c2ccccc12)C(=O)OC(c1ccccc1)[N+](=O)[O-]. The molecule has 7 heteroatoms. The predicted octanol–water partition coefficient (Wildman–Crippen LogP) is 2.56. The van der Waals surface area contributed by atoms with Crippen LogP contribution in [0.2, 0.25) is 0 Å². The number of nitrogens with two attached hydrogens (primary N) is 1. The van der Waals surface area contributed by atoms with Gasteiger partial charge in [0.05, 0.1) is 10.5 Å². The Morgan fingerprint density at radius 1 is 1.16 bits per heavy atom. The van der Waals surface area contributed by atoms with Crippen LogP contribution in [-0.4, -0.2) is 21.9 Å². The van der Waals surface area contributed by atoms with Crippen molar-refractivity contribution < 1.29 is 14.5 Å². The van der Waals surface area contributed by atoms with Crippen LogP contribution in [0.1, 0.15) is 17.4 Å². The van der Waals surface area contributed by atoms with E-state index in [9.17, 15) is 14.9 Å². The van der Waals surface area contributed by atoms with Gasteiger partial charge in [0.15, 0.2) is 0 Å². The molecule has 0 aliphatic carbocycles. The van der Waals surface area contributed by atoms with Crippen LogP contribution >= 0.6 is 0 Å². The molecule has 1 heterocycles. The molecule has 128 valence electrons. The lowest BCUT2D eigenvalue weighted by molar-refractivity contribution is -0.576. The van der Waals surface area contributed by atoms with E-state index in [4.69, 9.17) is 10.5 Å². The summed E-state index contributed by atoms with van der Waals surface area (Å²) in [5.41, 5.74) is 8.00. The van der Waals surface area contributed by atoms with Gasteiger partial charge in [-0.25, -0.2) is 0 Å². The molecule has 25 heavy (non-hydrogen) atoms. The van der Waals surface area contributed by atoms with Gasteiger partial charge in [-0.3, -0.25) is 14.9 Å². The largest absolute Gasteiger partial charge is 0.393 e. The van der Waals surface area contributed by atoms with Crippen molar-refractivity contribution in [2.24, 2.45) is 5.73 Å². The Kier molecular flexibility index (Phi) is 4.76. The molecule has 2 unspecified atom stereocenters. The van der Waals surface area contributed by atoms with Crippen molar-refractivity contribution in [3.05, 3.63) is 82.0 Å². The molecule has 3 N–H and O–H groups in total. The molecular formula is C18H17N3O4. The zero-order valence-corrected chi connectivity index (χ0v) is 13.3. The average molecular weight is 339 g/mol. The van der Waals surface area contributed by atoms with E-state index >= 15 is 0 Å². The average Bonchev–Trinajstić information content (AvgIpc) is 3.03. The summed E-state index contributed by atoms with van der Waals surface area (Å²) in [6.45, 7) is 0. The first-order valence-corrected chi connectivity index (χ1v) is 7.76. The highest BCUT2D eigenvalue weighted by molar-refractivity contribution is 5.84. The fourth-order valence-electron chi connectivity index (χ4n) is 2.67. The summed E-state index contributed by atoms with van der Waals surface area (Å²) in [4.78, 5) is 25.9. The summed E-state index contributed by atoms with van der Waals surface area (Å²) in [7, 11) is 0. The van der Waals surface area contributed by atoms with E-state index in [0.29, 0.717) is 5.56 Å². The Morgan fingerprint density at radius 3 is 2.56 bits per heavy atom. The number of rotatable bonds is 6. The van der Waals surface area contributed by atoms with Crippen LogP contribution in [0.15, 0.2) is 60.8 Å². The van der Waals surface area contributed by atoms with Gasteiger partial charge in [0.2, 0.25) is 0 Å². The molecule has 0 fully saturated rings. The number of hydrogen-bond donors (Lipinski definition) is 2. The molecule has 1 aromatic heterocycles. The highest BCUT2D eigenvalue weighted by atomic mass is 16.7. The molecule has 2 aromatic carbocycles. The maximum atomic E-state index is 12.2. The molecular weight excluding hydrogens is 322 g/mol. The number of ether oxygens (including phenoxy) is 1. The number of benzene rings is 2. The number of para-hydroxylation sites is 1. The topological polar surface area (TPSA) is 111 Å². The zero-order chi connectivity index (χ0) is 17.8. The van der Waals surface area contributed by atoms with Gasteiger partial charge in [0, 0.05) is 23.5 Å². The van der Waals surface area contributed by atoms with Gasteiger partial charge in [-0.1, -0.05) is 36.4 Å². The number of nitrogens with one attached hydrogen (secondary N) is 1. The number of carbonyl (C=O) groups is 1.